The second kappa shape index (κ2) is 22.4. The van der Waals surface area contributed by atoms with Gasteiger partial charge < -0.3 is 28.3 Å². The zero-order valence-electron chi connectivity index (χ0n) is 22.9. The first-order chi connectivity index (χ1) is 17.0. The van der Waals surface area contributed by atoms with Gasteiger partial charge in [0, 0.05) is 7.11 Å². The number of aryl methyl sites for hydroxylation is 1. The maximum Gasteiger partial charge on any atom is 0.330 e. The summed E-state index contributed by atoms with van der Waals surface area (Å²) in [5, 5.41) is 0. The van der Waals surface area contributed by atoms with Crippen LogP contribution in [0.1, 0.15) is 89.5 Å². The second-order valence-electron chi connectivity index (χ2n) is 9.78. The summed E-state index contributed by atoms with van der Waals surface area (Å²) < 4.78 is 21.9. The van der Waals surface area contributed by atoms with Gasteiger partial charge in [0.05, 0.1) is 20.7 Å². The lowest BCUT2D eigenvalue weighted by Crippen LogP contribution is -3.06. The number of methoxy groups -OCH3 is 1. The van der Waals surface area contributed by atoms with Gasteiger partial charge in [0.25, 0.3) is 0 Å². The molecule has 0 aliphatic rings. The fourth-order valence-corrected chi connectivity index (χ4v) is 4.42. The van der Waals surface area contributed by atoms with Crippen molar-refractivity contribution in [1.82, 2.24) is 0 Å². The van der Waals surface area contributed by atoms with Gasteiger partial charge in [-0.25, -0.2) is 0 Å². The Kier molecular flexibility index (Phi) is 20.7. The Morgan fingerprint density at radius 3 is 1.91 bits per heavy atom. The summed E-state index contributed by atoms with van der Waals surface area (Å²) in [4.78, 5) is 11.1. The molecule has 0 radical (unpaired) electrons. The van der Waals surface area contributed by atoms with E-state index in [4.69, 9.17) is 18.5 Å². The van der Waals surface area contributed by atoms with Crippen molar-refractivity contribution in [2.45, 2.75) is 96.5 Å². The van der Waals surface area contributed by atoms with Crippen molar-refractivity contribution < 1.29 is 28.3 Å². The number of nitrogens with one attached hydrogen (secondary N) is 1. The highest BCUT2D eigenvalue weighted by atomic mass is 31.2. The molecule has 204 valence electrons. The Bertz CT molecular complexity index is 587. The fourth-order valence-electron chi connectivity index (χ4n) is 3.81. The van der Waals surface area contributed by atoms with Crippen molar-refractivity contribution in [3.63, 3.8) is 0 Å². The van der Waals surface area contributed by atoms with Crippen LogP contribution in [-0.4, -0.2) is 58.6 Å². The Labute approximate surface area is 216 Å². The van der Waals surface area contributed by atoms with Crippen LogP contribution < -0.4 is 9.64 Å². The third-order valence-corrected chi connectivity index (χ3v) is 6.96. The molecule has 0 aliphatic carbocycles. The first-order valence-corrected chi connectivity index (χ1v) is 15.0. The summed E-state index contributed by atoms with van der Waals surface area (Å²) in [6.45, 7) is 4.14. The van der Waals surface area contributed by atoms with Crippen LogP contribution >= 0.6 is 8.60 Å². The molecule has 0 aliphatic heterocycles. The van der Waals surface area contributed by atoms with Crippen LogP contribution in [0.25, 0.3) is 0 Å². The first-order valence-electron chi connectivity index (χ1n) is 13.8. The number of quaternary nitrogens is 1. The lowest BCUT2D eigenvalue weighted by atomic mass is 10.0. The van der Waals surface area contributed by atoms with Gasteiger partial charge in [0.2, 0.25) is 0 Å². The van der Waals surface area contributed by atoms with E-state index in [1.54, 1.807) is 7.11 Å². The normalized spacial score (nSPS) is 13.3. The molecular weight excluding hydrogens is 461 g/mol. The Hall–Kier alpha value is -0.750. The molecule has 6 nitrogen and oxygen atoms in total. The number of hydrogen-bond donors (Lipinski definition) is 2. The van der Waals surface area contributed by atoms with Crippen LogP contribution in [0.3, 0.4) is 0 Å². The summed E-state index contributed by atoms with van der Waals surface area (Å²) in [6, 6.07) is 8.35. The SMILES string of the molecule is CCCCCCCCCCCCCCc1ccc(OCC(COP(O)OCC[NH+](C)C)OC)cc1. The quantitative estimate of drug-likeness (QED) is 0.136. The summed E-state index contributed by atoms with van der Waals surface area (Å²) in [6.07, 6.45) is 17.4. The van der Waals surface area contributed by atoms with Crippen molar-refractivity contribution in [2.24, 2.45) is 0 Å². The molecule has 1 rings (SSSR count). The molecule has 0 fully saturated rings. The number of likely N-dealkylation sites (N-methyl/N-ethyl adjacent to an activating group) is 1. The molecule has 35 heavy (non-hydrogen) atoms. The van der Waals surface area contributed by atoms with E-state index in [0.29, 0.717) is 13.2 Å². The van der Waals surface area contributed by atoms with Gasteiger partial charge in [-0.15, -0.1) is 0 Å². The minimum Gasteiger partial charge on any atom is -0.491 e. The van der Waals surface area contributed by atoms with Crippen molar-refractivity contribution in [2.75, 3.05) is 47.6 Å². The zero-order valence-corrected chi connectivity index (χ0v) is 23.8. The standard InChI is InChI=1S/C28H52NO5P/c1-5-6-7-8-9-10-11-12-13-14-15-16-17-26-18-20-27(21-19-26)32-24-28(31-4)25-34-35(30)33-23-22-29(2)3/h18-21,28,30H,5-17,22-25H2,1-4H3/p+1. The largest absolute Gasteiger partial charge is 0.491 e. The smallest absolute Gasteiger partial charge is 0.330 e. The Morgan fingerprint density at radius 1 is 0.800 bits per heavy atom. The minimum atomic E-state index is -1.88. The third kappa shape index (κ3) is 19.1. The second-order valence-corrected chi connectivity index (χ2v) is 10.8. The number of rotatable bonds is 24. The summed E-state index contributed by atoms with van der Waals surface area (Å²) in [5.74, 6) is 0.821. The van der Waals surface area contributed by atoms with Gasteiger partial charge >= 0.3 is 8.60 Å². The van der Waals surface area contributed by atoms with Crippen molar-refractivity contribution in [1.29, 1.82) is 0 Å². The average Bonchev–Trinajstić information content (AvgIpc) is 2.85. The third-order valence-electron chi connectivity index (χ3n) is 6.19. The Morgan fingerprint density at radius 2 is 1.37 bits per heavy atom. The van der Waals surface area contributed by atoms with Crippen LogP contribution in [0, 0.1) is 0 Å². The van der Waals surface area contributed by atoms with Gasteiger partial charge in [0.15, 0.2) is 0 Å². The van der Waals surface area contributed by atoms with Crippen LogP contribution in [0.5, 0.6) is 5.75 Å². The molecule has 0 spiro atoms. The van der Waals surface area contributed by atoms with Crippen molar-refractivity contribution in [3.8, 4) is 5.75 Å². The molecule has 0 bridgehead atoms. The molecule has 0 saturated heterocycles. The molecule has 1 aromatic rings. The number of unbranched alkanes of at least 4 members (excludes halogenated alkanes) is 11. The predicted octanol–water partition coefficient (Wildman–Crippen LogP) is 5.72. The van der Waals surface area contributed by atoms with E-state index in [2.05, 4.69) is 19.1 Å². The summed E-state index contributed by atoms with van der Waals surface area (Å²) >= 11 is 0. The topological polar surface area (TPSA) is 61.6 Å². The van der Waals surface area contributed by atoms with Gasteiger partial charge in [-0.05, 0) is 30.5 Å². The molecular formula is C28H53NO5P+. The molecule has 0 amide bonds. The highest BCUT2D eigenvalue weighted by molar-refractivity contribution is 7.40. The van der Waals surface area contributed by atoms with Gasteiger partial charge in [-0.3, -0.25) is 0 Å². The van der Waals surface area contributed by atoms with Crippen molar-refractivity contribution in [3.05, 3.63) is 29.8 Å². The van der Waals surface area contributed by atoms with Crippen LogP contribution in [0.4, 0.5) is 0 Å². The molecule has 2 atom stereocenters. The molecule has 0 heterocycles. The molecule has 2 unspecified atom stereocenters. The molecule has 2 N–H and O–H groups in total. The lowest BCUT2D eigenvalue weighted by molar-refractivity contribution is -0.858. The minimum absolute atomic E-state index is 0.227. The predicted molar refractivity (Wildman–Crippen MR) is 146 cm³/mol. The van der Waals surface area contributed by atoms with E-state index >= 15 is 0 Å². The van der Waals surface area contributed by atoms with Crippen LogP contribution in [0.2, 0.25) is 0 Å². The van der Waals surface area contributed by atoms with Crippen LogP contribution in [-0.2, 0) is 20.2 Å². The molecule has 0 aromatic heterocycles. The number of hydrogen-bond acceptors (Lipinski definition) is 5. The number of ether oxygens (including phenoxy) is 2. The monoisotopic (exact) mass is 514 g/mol. The van der Waals surface area contributed by atoms with E-state index in [1.807, 2.05) is 26.2 Å². The fraction of sp³-hybridized carbons (Fsp3) is 0.786. The van der Waals surface area contributed by atoms with E-state index in [0.717, 1.165) is 18.7 Å². The average molecular weight is 515 g/mol. The zero-order chi connectivity index (χ0) is 25.6. The van der Waals surface area contributed by atoms with Gasteiger partial charge in [0.1, 0.15) is 31.6 Å². The summed E-state index contributed by atoms with van der Waals surface area (Å²) in [5.41, 5.74) is 1.36. The van der Waals surface area contributed by atoms with E-state index < -0.39 is 8.60 Å². The van der Waals surface area contributed by atoms with Gasteiger partial charge in [-0.2, -0.15) is 0 Å². The van der Waals surface area contributed by atoms with E-state index in [1.165, 1.54) is 87.5 Å². The summed E-state index contributed by atoms with van der Waals surface area (Å²) in [7, 11) is 3.80. The maximum atomic E-state index is 9.82. The maximum absolute atomic E-state index is 9.82. The van der Waals surface area contributed by atoms with E-state index in [-0.39, 0.29) is 12.7 Å². The van der Waals surface area contributed by atoms with Crippen LogP contribution in [0.15, 0.2) is 24.3 Å². The highest BCUT2D eigenvalue weighted by Crippen LogP contribution is 2.32. The van der Waals surface area contributed by atoms with Gasteiger partial charge in [-0.1, -0.05) is 89.7 Å². The lowest BCUT2D eigenvalue weighted by Gasteiger charge is -2.18. The Balaban J connectivity index is 2.08. The molecule has 0 saturated carbocycles. The molecule has 1 aromatic carbocycles. The first kappa shape index (κ1) is 32.3. The van der Waals surface area contributed by atoms with Crippen molar-refractivity contribution >= 4 is 8.60 Å². The van der Waals surface area contributed by atoms with E-state index in [9.17, 15) is 4.89 Å². The molecule has 7 heteroatoms. The number of benzene rings is 1. The highest BCUT2D eigenvalue weighted by Gasteiger charge is 2.14.